The number of nitrogens with zero attached hydrogens (tertiary/aromatic N) is 1. The molecule has 2 N–H and O–H groups in total. The molecule has 4 nitrogen and oxygen atoms in total. The smallest absolute Gasteiger partial charge is 0.254 e. The molecule has 0 spiro atoms. The molecule has 0 radical (unpaired) electrons. The van der Waals surface area contributed by atoms with Gasteiger partial charge in [0.2, 0.25) is 0 Å². The molecule has 0 aromatic heterocycles. The van der Waals surface area contributed by atoms with Gasteiger partial charge in [-0.2, -0.15) is 0 Å². The van der Waals surface area contributed by atoms with Crippen molar-refractivity contribution < 1.29 is 9.90 Å². The van der Waals surface area contributed by atoms with E-state index < -0.39 is 0 Å². The summed E-state index contributed by atoms with van der Waals surface area (Å²) in [6.45, 7) is 5.58. The van der Waals surface area contributed by atoms with Gasteiger partial charge in [0.25, 0.3) is 5.91 Å². The van der Waals surface area contributed by atoms with E-state index in [1.807, 2.05) is 11.8 Å². The van der Waals surface area contributed by atoms with Gasteiger partial charge in [-0.05, 0) is 48.0 Å². The monoisotopic (exact) mass is 312 g/mol. The average molecular weight is 313 g/mol. The normalized spacial score (nSPS) is 24.1. The van der Waals surface area contributed by atoms with Crippen molar-refractivity contribution >= 4 is 21.8 Å². The lowest BCUT2D eigenvalue weighted by molar-refractivity contribution is 0.0616. The van der Waals surface area contributed by atoms with Crippen LogP contribution in [0.5, 0.6) is 5.75 Å². The predicted octanol–water partition coefficient (Wildman–Crippen LogP) is 1.98. The maximum Gasteiger partial charge on any atom is 0.254 e. The van der Waals surface area contributed by atoms with Crippen molar-refractivity contribution in [2.24, 2.45) is 0 Å². The van der Waals surface area contributed by atoms with E-state index in [2.05, 4.69) is 28.2 Å². The molecule has 0 bridgehead atoms. The topological polar surface area (TPSA) is 52.6 Å². The van der Waals surface area contributed by atoms with Gasteiger partial charge in [-0.3, -0.25) is 4.79 Å². The lowest BCUT2D eigenvalue weighted by Gasteiger charge is -2.37. The number of aromatic hydroxyl groups is 1. The molecule has 1 saturated heterocycles. The molecule has 98 valence electrons. The average Bonchev–Trinajstić information content (AvgIpc) is 2.35. The van der Waals surface area contributed by atoms with Gasteiger partial charge < -0.3 is 15.3 Å². The van der Waals surface area contributed by atoms with E-state index in [0.717, 1.165) is 6.54 Å². The molecule has 0 aliphatic carbocycles. The van der Waals surface area contributed by atoms with E-state index in [4.69, 9.17) is 0 Å². The van der Waals surface area contributed by atoms with Gasteiger partial charge in [-0.1, -0.05) is 0 Å². The molecule has 1 heterocycles. The molecule has 1 aromatic carbocycles. The van der Waals surface area contributed by atoms with Crippen LogP contribution in [0.4, 0.5) is 0 Å². The van der Waals surface area contributed by atoms with E-state index in [1.54, 1.807) is 12.1 Å². The van der Waals surface area contributed by atoms with Crippen LogP contribution >= 0.6 is 15.9 Å². The summed E-state index contributed by atoms with van der Waals surface area (Å²) in [5.41, 5.74) is 0.525. The third-order valence-corrected chi connectivity index (χ3v) is 3.89. The Balaban J connectivity index is 2.21. The predicted molar refractivity (Wildman–Crippen MR) is 73.8 cm³/mol. The van der Waals surface area contributed by atoms with E-state index in [0.29, 0.717) is 22.6 Å². The zero-order valence-electron chi connectivity index (χ0n) is 10.5. The van der Waals surface area contributed by atoms with Crippen LogP contribution in [-0.4, -0.2) is 41.1 Å². The molecule has 2 atom stereocenters. The molecule has 1 fully saturated rings. The maximum atomic E-state index is 12.4. The van der Waals surface area contributed by atoms with Crippen LogP contribution in [0.25, 0.3) is 0 Å². The molecular formula is C13H17BrN2O2. The third kappa shape index (κ3) is 2.67. The molecule has 2 rings (SSSR count). The Morgan fingerprint density at radius 3 is 2.89 bits per heavy atom. The van der Waals surface area contributed by atoms with Crippen molar-refractivity contribution in [3.05, 3.63) is 28.2 Å². The molecule has 1 aliphatic heterocycles. The molecule has 0 saturated carbocycles. The summed E-state index contributed by atoms with van der Waals surface area (Å²) in [7, 11) is 0. The van der Waals surface area contributed by atoms with Gasteiger partial charge in [0.05, 0.1) is 4.47 Å². The van der Waals surface area contributed by atoms with Crippen LogP contribution in [0.2, 0.25) is 0 Å². The van der Waals surface area contributed by atoms with Crippen LogP contribution in [0.3, 0.4) is 0 Å². The molecule has 5 heteroatoms. The molecule has 1 amide bonds. The quantitative estimate of drug-likeness (QED) is 0.833. The Bertz CT molecular complexity index is 464. The fourth-order valence-electron chi connectivity index (χ4n) is 2.12. The first-order valence-electron chi connectivity index (χ1n) is 6.02. The summed E-state index contributed by atoms with van der Waals surface area (Å²) >= 11 is 3.21. The number of nitrogens with one attached hydrogen (secondary N) is 1. The lowest BCUT2D eigenvalue weighted by atomic mass is 10.1. The first-order chi connectivity index (χ1) is 8.49. The number of amides is 1. The highest BCUT2D eigenvalue weighted by Crippen LogP contribution is 2.25. The van der Waals surface area contributed by atoms with Gasteiger partial charge in [-0.25, -0.2) is 0 Å². The van der Waals surface area contributed by atoms with Gasteiger partial charge in [0.1, 0.15) is 5.75 Å². The van der Waals surface area contributed by atoms with E-state index in [-0.39, 0.29) is 17.7 Å². The summed E-state index contributed by atoms with van der Waals surface area (Å²) in [6, 6.07) is 5.39. The van der Waals surface area contributed by atoms with Crippen molar-refractivity contribution in [1.29, 1.82) is 0 Å². The SMILES string of the molecule is CC1CN(C(=O)c2ccc(Br)c(O)c2)C(C)CN1. The summed E-state index contributed by atoms with van der Waals surface area (Å²) in [6.07, 6.45) is 0. The van der Waals surface area contributed by atoms with Crippen LogP contribution in [0.15, 0.2) is 22.7 Å². The maximum absolute atomic E-state index is 12.4. The van der Waals surface area contributed by atoms with Gasteiger partial charge >= 0.3 is 0 Å². The standard InChI is InChI=1S/C13H17BrN2O2/c1-8-7-16(9(2)6-15-8)13(18)10-3-4-11(14)12(17)5-10/h3-5,8-9,15,17H,6-7H2,1-2H3. The van der Waals surface area contributed by atoms with Crippen molar-refractivity contribution in [2.45, 2.75) is 25.9 Å². The summed E-state index contributed by atoms with van der Waals surface area (Å²) in [5.74, 6) is 0.0651. The fraction of sp³-hybridized carbons (Fsp3) is 0.462. The van der Waals surface area contributed by atoms with Gasteiger partial charge in [-0.15, -0.1) is 0 Å². The second kappa shape index (κ2) is 5.28. The van der Waals surface area contributed by atoms with Gasteiger partial charge in [0.15, 0.2) is 0 Å². The third-order valence-electron chi connectivity index (χ3n) is 3.22. The van der Waals surface area contributed by atoms with Gasteiger partial charge in [0, 0.05) is 30.7 Å². The Kier molecular flexibility index (Phi) is 3.92. The number of hydrogen-bond donors (Lipinski definition) is 2. The number of piperazine rings is 1. The molecular weight excluding hydrogens is 296 g/mol. The van der Waals surface area contributed by atoms with Crippen molar-refractivity contribution in [3.8, 4) is 5.75 Å². The number of rotatable bonds is 1. The number of halogens is 1. The highest BCUT2D eigenvalue weighted by Gasteiger charge is 2.27. The van der Waals surface area contributed by atoms with Crippen LogP contribution in [0, 0.1) is 0 Å². The number of carbonyl (C=O) groups is 1. The van der Waals surface area contributed by atoms with Crippen molar-refractivity contribution in [2.75, 3.05) is 13.1 Å². The Labute approximate surface area is 115 Å². The number of benzene rings is 1. The summed E-state index contributed by atoms with van der Waals surface area (Å²) in [4.78, 5) is 14.2. The Morgan fingerprint density at radius 2 is 2.22 bits per heavy atom. The highest BCUT2D eigenvalue weighted by molar-refractivity contribution is 9.10. The van der Waals surface area contributed by atoms with Crippen LogP contribution in [0.1, 0.15) is 24.2 Å². The largest absolute Gasteiger partial charge is 0.507 e. The van der Waals surface area contributed by atoms with E-state index in [9.17, 15) is 9.90 Å². The summed E-state index contributed by atoms with van der Waals surface area (Å²) in [5, 5.41) is 13.0. The molecule has 2 unspecified atom stereocenters. The number of phenols is 1. The second-order valence-corrected chi connectivity index (χ2v) is 5.64. The first-order valence-corrected chi connectivity index (χ1v) is 6.81. The fourth-order valence-corrected chi connectivity index (χ4v) is 2.36. The molecule has 1 aliphatic rings. The second-order valence-electron chi connectivity index (χ2n) is 4.78. The van der Waals surface area contributed by atoms with Crippen molar-refractivity contribution in [1.82, 2.24) is 10.2 Å². The minimum absolute atomic E-state index is 0.0290. The molecule has 1 aromatic rings. The lowest BCUT2D eigenvalue weighted by Crippen LogP contribution is -2.56. The highest BCUT2D eigenvalue weighted by atomic mass is 79.9. The van der Waals surface area contributed by atoms with Crippen LogP contribution < -0.4 is 5.32 Å². The number of hydrogen-bond acceptors (Lipinski definition) is 3. The molecule has 18 heavy (non-hydrogen) atoms. The Hall–Kier alpha value is -1.07. The van der Waals surface area contributed by atoms with E-state index in [1.165, 1.54) is 6.07 Å². The van der Waals surface area contributed by atoms with Crippen LogP contribution in [-0.2, 0) is 0 Å². The Morgan fingerprint density at radius 1 is 1.50 bits per heavy atom. The van der Waals surface area contributed by atoms with Crippen molar-refractivity contribution in [3.63, 3.8) is 0 Å². The minimum atomic E-state index is -0.0290. The minimum Gasteiger partial charge on any atom is -0.507 e. The number of carbonyl (C=O) groups excluding carboxylic acids is 1. The first kappa shape index (κ1) is 13.4. The number of phenolic OH excluding ortho intramolecular Hbond substituents is 1. The summed E-state index contributed by atoms with van der Waals surface area (Å²) < 4.78 is 0.598. The zero-order chi connectivity index (χ0) is 13.3. The zero-order valence-corrected chi connectivity index (χ0v) is 12.1. The van der Waals surface area contributed by atoms with E-state index >= 15 is 0 Å².